The Morgan fingerprint density at radius 1 is 1.33 bits per heavy atom. The van der Waals surface area contributed by atoms with Gasteiger partial charge in [0, 0.05) is 17.1 Å². The van der Waals surface area contributed by atoms with Crippen molar-refractivity contribution in [1.82, 2.24) is 10.2 Å². The zero-order valence-electron chi connectivity index (χ0n) is 11.9. The lowest BCUT2D eigenvalue weighted by Crippen LogP contribution is -2.40. The van der Waals surface area contributed by atoms with E-state index in [0.29, 0.717) is 5.56 Å². The third-order valence-corrected chi connectivity index (χ3v) is 3.08. The molecule has 2 amide bonds. The normalized spacial score (nSPS) is 9.86. The Kier molecular flexibility index (Phi) is 6.87. The molecule has 0 fully saturated rings. The van der Waals surface area contributed by atoms with Crippen LogP contribution in [0.2, 0.25) is 0 Å². The van der Waals surface area contributed by atoms with Crippen LogP contribution in [0.4, 0.5) is 0 Å². The second-order valence-corrected chi connectivity index (χ2v) is 5.16. The van der Waals surface area contributed by atoms with Crippen LogP contribution >= 0.6 is 15.9 Å². The first kappa shape index (κ1) is 17.2. The van der Waals surface area contributed by atoms with E-state index in [-0.39, 0.29) is 31.5 Å². The van der Waals surface area contributed by atoms with Crippen molar-refractivity contribution in [3.63, 3.8) is 0 Å². The van der Waals surface area contributed by atoms with Crippen molar-refractivity contribution >= 4 is 33.7 Å². The van der Waals surface area contributed by atoms with E-state index in [4.69, 9.17) is 4.74 Å². The Hall–Kier alpha value is -1.89. The van der Waals surface area contributed by atoms with Crippen LogP contribution in [-0.4, -0.2) is 49.4 Å². The Balaban J connectivity index is 2.45. The van der Waals surface area contributed by atoms with Gasteiger partial charge in [0.25, 0.3) is 5.91 Å². The van der Waals surface area contributed by atoms with Crippen molar-refractivity contribution in [3.05, 3.63) is 34.3 Å². The predicted molar refractivity (Wildman–Crippen MR) is 80.7 cm³/mol. The monoisotopic (exact) mass is 356 g/mol. The Morgan fingerprint density at radius 3 is 2.67 bits per heavy atom. The summed E-state index contributed by atoms with van der Waals surface area (Å²) in [6.07, 6.45) is 0. The fourth-order valence-corrected chi connectivity index (χ4v) is 1.91. The topological polar surface area (TPSA) is 75.7 Å². The molecule has 6 nitrogen and oxygen atoms in total. The van der Waals surface area contributed by atoms with Gasteiger partial charge in [0.15, 0.2) is 0 Å². The molecule has 1 aromatic carbocycles. The van der Waals surface area contributed by atoms with Gasteiger partial charge in [-0.1, -0.05) is 22.0 Å². The van der Waals surface area contributed by atoms with E-state index in [9.17, 15) is 14.4 Å². The number of hydrogen-bond donors (Lipinski definition) is 1. The maximum atomic E-state index is 11.9. The van der Waals surface area contributed by atoms with E-state index in [0.717, 1.165) is 4.47 Å². The van der Waals surface area contributed by atoms with Crippen LogP contribution in [-0.2, 0) is 14.3 Å². The zero-order chi connectivity index (χ0) is 15.8. The van der Waals surface area contributed by atoms with Crippen LogP contribution in [0.3, 0.4) is 0 Å². The fraction of sp³-hybridized carbons (Fsp3) is 0.357. The van der Waals surface area contributed by atoms with E-state index in [1.165, 1.54) is 11.9 Å². The highest BCUT2D eigenvalue weighted by Gasteiger charge is 2.15. The van der Waals surface area contributed by atoms with Gasteiger partial charge in [-0.25, -0.2) is 0 Å². The molecule has 0 radical (unpaired) electrons. The van der Waals surface area contributed by atoms with Crippen LogP contribution in [0.15, 0.2) is 28.7 Å². The maximum Gasteiger partial charge on any atom is 0.325 e. The molecule has 1 aromatic rings. The fourth-order valence-electron chi connectivity index (χ4n) is 1.51. The molecule has 0 unspecified atom stereocenters. The number of benzene rings is 1. The van der Waals surface area contributed by atoms with Crippen LogP contribution in [0.25, 0.3) is 0 Å². The summed E-state index contributed by atoms with van der Waals surface area (Å²) in [5.74, 6) is -1.20. The van der Waals surface area contributed by atoms with Gasteiger partial charge < -0.3 is 15.0 Å². The predicted octanol–water partition coefficient (Wildman–Crippen LogP) is 1.20. The molecule has 0 aliphatic rings. The highest BCUT2D eigenvalue weighted by Crippen LogP contribution is 2.11. The van der Waals surface area contributed by atoms with Crippen LogP contribution in [0.5, 0.6) is 0 Å². The van der Waals surface area contributed by atoms with Crippen molar-refractivity contribution in [1.29, 1.82) is 0 Å². The van der Waals surface area contributed by atoms with Gasteiger partial charge >= 0.3 is 5.97 Å². The molecular weight excluding hydrogens is 340 g/mol. The number of nitrogens with one attached hydrogen (secondary N) is 1. The minimum Gasteiger partial charge on any atom is -0.465 e. The molecule has 7 heteroatoms. The Bertz CT molecular complexity index is 533. The molecular formula is C14H17BrN2O4. The SMILES string of the molecule is CCOC(=O)CN(C)C(=O)CNC(=O)c1cccc(Br)c1. The van der Waals surface area contributed by atoms with Gasteiger partial charge in [0.1, 0.15) is 6.54 Å². The summed E-state index contributed by atoms with van der Waals surface area (Å²) in [5.41, 5.74) is 0.449. The minimum atomic E-state index is -0.480. The average molecular weight is 357 g/mol. The molecule has 0 saturated heterocycles. The number of esters is 1. The number of ether oxygens (including phenoxy) is 1. The molecule has 0 aromatic heterocycles. The number of carbonyl (C=O) groups is 3. The summed E-state index contributed by atoms with van der Waals surface area (Å²) in [5, 5.41) is 2.51. The van der Waals surface area contributed by atoms with Gasteiger partial charge in [-0.3, -0.25) is 14.4 Å². The number of hydrogen-bond acceptors (Lipinski definition) is 4. The Labute approximate surface area is 131 Å². The van der Waals surface area contributed by atoms with Gasteiger partial charge in [-0.05, 0) is 25.1 Å². The van der Waals surface area contributed by atoms with Crippen molar-refractivity contribution in [2.45, 2.75) is 6.92 Å². The van der Waals surface area contributed by atoms with Crippen molar-refractivity contribution < 1.29 is 19.1 Å². The molecule has 0 spiro atoms. The zero-order valence-corrected chi connectivity index (χ0v) is 13.5. The smallest absolute Gasteiger partial charge is 0.325 e. The number of carbonyl (C=O) groups excluding carboxylic acids is 3. The van der Waals surface area contributed by atoms with Crippen molar-refractivity contribution in [2.75, 3.05) is 26.7 Å². The quantitative estimate of drug-likeness (QED) is 0.777. The lowest BCUT2D eigenvalue weighted by Gasteiger charge is -2.16. The van der Waals surface area contributed by atoms with E-state index < -0.39 is 5.97 Å². The average Bonchev–Trinajstić information content (AvgIpc) is 2.44. The number of rotatable bonds is 6. The van der Waals surface area contributed by atoms with E-state index in [1.54, 1.807) is 31.2 Å². The molecule has 0 bridgehead atoms. The van der Waals surface area contributed by atoms with E-state index in [2.05, 4.69) is 21.2 Å². The van der Waals surface area contributed by atoms with E-state index >= 15 is 0 Å². The maximum absolute atomic E-state index is 11.9. The summed E-state index contributed by atoms with van der Waals surface area (Å²) in [7, 11) is 1.48. The number of nitrogens with zero attached hydrogens (tertiary/aromatic N) is 1. The number of halogens is 1. The molecule has 114 valence electrons. The lowest BCUT2D eigenvalue weighted by atomic mass is 10.2. The molecule has 0 heterocycles. The standard InChI is InChI=1S/C14H17BrN2O4/c1-3-21-13(19)9-17(2)12(18)8-16-14(20)10-5-4-6-11(15)7-10/h4-7H,3,8-9H2,1-2H3,(H,16,20). The van der Waals surface area contributed by atoms with Crippen molar-refractivity contribution in [2.24, 2.45) is 0 Å². The van der Waals surface area contributed by atoms with E-state index in [1.807, 2.05) is 0 Å². The second kappa shape index (κ2) is 8.41. The summed E-state index contributed by atoms with van der Waals surface area (Å²) in [4.78, 5) is 36.1. The van der Waals surface area contributed by atoms with Gasteiger partial charge in [0.2, 0.25) is 5.91 Å². The molecule has 0 aliphatic heterocycles. The first-order valence-corrected chi connectivity index (χ1v) is 7.16. The van der Waals surface area contributed by atoms with Gasteiger partial charge in [-0.2, -0.15) is 0 Å². The molecule has 0 atom stereocenters. The first-order chi connectivity index (χ1) is 9.93. The summed E-state index contributed by atoms with van der Waals surface area (Å²) < 4.78 is 5.52. The molecule has 1 rings (SSSR count). The van der Waals surface area contributed by atoms with Crippen molar-refractivity contribution in [3.8, 4) is 0 Å². The highest BCUT2D eigenvalue weighted by molar-refractivity contribution is 9.10. The number of likely N-dealkylation sites (N-methyl/N-ethyl adjacent to an activating group) is 1. The Morgan fingerprint density at radius 2 is 2.05 bits per heavy atom. The third-order valence-electron chi connectivity index (χ3n) is 2.58. The van der Waals surface area contributed by atoms with Crippen LogP contribution < -0.4 is 5.32 Å². The molecule has 0 aliphatic carbocycles. The minimum absolute atomic E-state index is 0.139. The highest BCUT2D eigenvalue weighted by atomic mass is 79.9. The van der Waals surface area contributed by atoms with Crippen LogP contribution in [0.1, 0.15) is 17.3 Å². The van der Waals surface area contributed by atoms with Gasteiger partial charge in [0.05, 0.1) is 13.2 Å². The third kappa shape index (κ3) is 5.95. The van der Waals surface area contributed by atoms with Crippen LogP contribution in [0, 0.1) is 0 Å². The summed E-state index contributed by atoms with van der Waals surface area (Å²) in [6.45, 7) is 1.64. The molecule has 1 N–H and O–H groups in total. The summed E-state index contributed by atoms with van der Waals surface area (Å²) >= 11 is 3.27. The summed E-state index contributed by atoms with van der Waals surface area (Å²) in [6, 6.07) is 6.83. The molecule has 0 saturated carbocycles. The lowest BCUT2D eigenvalue weighted by molar-refractivity contribution is -0.147. The number of amides is 2. The van der Waals surface area contributed by atoms with Gasteiger partial charge in [-0.15, -0.1) is 0 Å². The largest absolute Gasteiger partial charge is 0.465 e. The molecule has 21 heavy (non-hydrogen) atoms. The second-order valence-electron chi connectivity index (χ2n) is 4.25. The first-order valence-electron chi connectivity index (χ1n) is 6.37.